The summed E-state index contributed by atoms with van der Waals surface area (Å²) >= 11 is 0. The van der Waals surface area contributed by atoms with Gasteiger partial charge in [-0.1, -0.05) is 17.7 Å². The van der Waals surface area contributed by atoms with Crippen molar-refractivity contribution in [3.63, 3.8) is 0 Å². The predicted octanol–water partition coefficient (Wildman–Crippen LogP) is 3.47. The monoisotopic (exact) mass is 199 g/mol. The molecule has 0 aromatic heterocycles. The average Bonchev–Trinajstić information content (AvgIpc) is 2.25. The Hall–Kier alpha value is -1.83. The highest BCUT2D eigenvalue weighted by atomic mass is 16.3. The van der Waals surface area contributed by atoms with Crippen LogP contribution in [0.4, 0.5) is 5.69 Å². The van der Waals surface area contributed by atoms with Crippen molar-refractivity contribution in [2.75, 3.05) is 0 Å². The van der Waals surface area contributed by atoms with Crippen molar-refractivity contribution in [2.45, 2.75) is 13.3 Å². The van der Waals surface area contributed by atoms with Gasteiger partial charge in [0, 0.05) is 12.1 Å². The van der Waals surface area contributed by atoms with E-state index in [1.165, 1.54) is 5.56 Å². The third-order valence-electron chi connectivity index (χ3n) is 2.27. The van der Waals surface area contributed by atoms with Gasteiger partial charge in [0.25, 0.3) is 0 Å². The second-order valence-corrected chi connectivity index (χ2v) is 3.61. The van der Waals surface area contributed by atoms with Crippen molar-refractivity contribution < 1.29 is 5.11 Å². The zero-order chi connectivity index (χ0) is 10.7. The molecule has 0 spiro atoms. The lowest BCUT2D eigenvalue weighted by Crippen LogP contribution is -1.96. The Morgan fingerprint density at radius 2 is 1.87 bits per heavy atom. The standard InChI is InChI=1S/C13H13NO/c1-10-2-4-11(5-3-10)14-12-6-8-13(15)9-7-12/h2-6,8-9,15H,7H2,1H3. The molecule has 2 nitrogen and oxygen atoms in total. The lowest BCUT2D eigenvalue weighted by molar-refractivity contribution is 0.430. The second kappa shape index (κ2) is 4.13. The zero-order valence-corrected chi connectivity index (χ0v) is 8.64. The molecule has 1 aliphatic carbocycles. The largest absolute Gasteiger partial charge is 0.508 e. The minimum Gasteiger partial charge on any atom is -0.508 e. The van der Waals surface area contributed by atoms with E-state index in [1.54, 1.807) is 12.2 Å². The van der Waals surface area contributed by atoms with Gasteiger partial charge in [0.1, 0.15) is 5.76 Å². The van der Waals surface area contributed by atoms with Gasteiger partial charge >= 0.3 is 0 Å². The molecule has 0 amide bonds. The number of aryl methyl sites for hydroxylation is 1. The van der Waals surface area contributed by atoms with Crippen LogP contribution in [0.1, 0.15) is 12.0 Å². The predicted molar refractivity (Wildman–Crippen MR) is 62.7 cm³/mol. The highest BCUT2D eigenvalue weighted by molar-refractivity contribution is 5.98. The van der Waals surface area contributed by atoms with E-state index in [0.29, 0.717) is 12.2 Å². The molecule has 1 aromatic rings. The number of hydrogen-bond acceptors (Lipinski definition) is 2. The maximum absolute atomic E-state index is 9.15. The van der Waals surface area contributed by atoms with E-state index < -0.39 is 0 Å². The molecule has 0 bridgehead atoms. The summed E-state index contributed by atoms with van der Waals surface area (Å²) in [5, 5.41) is 9.15. The topological polar surface area (TPSA) is 32.6 Å². The molecule has 0 unspecified atom stereocenters. The Morgan fingerprint density at radius 1 is 1.13 bits per heavy atom. The molecule has 0 atom stereocenters. The fraction of sp³-hybridized carbons (Fsp3) is 0.154. The summed E-state index contributed by atoms with van der Waals surface area (Å²) in [5.41, 5.74) is 3.15. The molecule has 1 N–H and O–H groups in total. The van der Waals surface area contributed by atoms with E-state index in [9.17, 15) is 0 Å². The Kier molecular flexibility index (Phi) is 2.68. The van der Waals surface area contributed by atoms with Gasteiger partial charge in [-0.05, 0) is 37.3 Å². The third-order valence-corrected chi connectivity index (χ3v) is 2.27. The number of aliphatic hydroxyl groups excluding tert-OH is 1. The van der Waals surface area contributed by atoms with Gasteiger partial charge in [-0.15, -0.1) is 0 Å². The maximum Gasteiger partial charge on any atom is 0.112 e. The van der Waals surface area contributed by atoms with Crippen molar-refractivity contribution >= 4 is 11.4 Å². The van der Waals surface area contributed by atoms with Crippen molar-refractivity contribution in [3.05, 3.63) is 53.8 Å². The number of aliphatic imine (C=N–C) groups is 1. The van der Waals surface area contributed by atoms with Gasteiger partial charge in [0.05, 0.1) is 5.69 Å². The summed E-state index contributed by atoms with van der Waals surface area (Å²) in [6.45, 7) is 2.05. The normalized spacial score (nSPS) is 17.9. The van der Waals surface area contributed by atoms with Crippen molar-refractivity contribution in [1.29, 1.82) is 0 Å². The fourth-order valence-corrected chi connectivity index (χ4v) is 1.39. The molecule has 15 heavy (non-hydrogen) atoms. The summed E-state index contributed by atoms with van der Waals surface area (Å²) in [6.07, 6.45) is 5.95. The average molecular weight is 199 g/mol. The molecular formula is C13H13NO. The van der Waals surface area contributed by atoms with Gasteiger partial charge in [-0.3, -0.25) is 4.99 Å². The van der Waals surface area contributed by atoms with Gasteiger partial charge in [0.2, 0.25) is 0 Å². The summed E-state index contributed by atoms with van der Waals surface area (Å²) in [6, 6.07) is 8.07. The first-order valence-electron chi connectivity index (χ1n) is 4.95. The van der Waals surface area contributed by atoms with E-state index in [4.69, 9.17) is 5.11 Å². The summed E-state index contributed by atoms with van der Waals surface area (Å²) < 4.78 is 0. The van der Waals surface area contributed by atoms with Crippen LogP contribution in [0.3, 0.4) is 0 Å². The summed E-state index contributed by atoms with van der Waals surface area (Å²) in [5.74, 6) is 0.317. The quantitative estimate of drug-likeness (QED) is 0.738. The van der Waals surface area contributed by atoms with E-state index in [2.05, 4.69) is 11.9 Å². The number of hydrogen-bond donors (Lipinski definition) is 1. The Bertz CT molecular complexity index is 438. The Labute approximate surface area is 89.3 Å². The first kappa shape index (κ1) is 9.71. The number of allylic oxidation sites excluding steroid dienone is 3. The highest BCUT2D eigenvalue weighted by Crippen LogP contribution is 2.15. The van der Waals surface area contributed by atoms with E-state index in [1.807, 2.05) is 30.3 Å². The molecule has 0 fully saturated rings. The lowest BCUT2D eigenvalue weighted by atomic mass is 10.1. The van der Waals surface area contributed by atoms with Gasteiger partial charge in [-0.25, -0.2) is 0 Å². The second-order valence-electron chi connectivity index (χ2n) is 3.61. The molecule has 2 rings (SSSR count). The SMILES string of the molecule is Cc1ccc(N=C2C=CC(O)=CC2)cc1. The summed E-state index contributed by atoms with van der Waals surface area (Å²) in [4.78, 5) is 4.47. The van der Waals surface area contributed by atoms with E-state index in [0.717, 1.165) is 11.4 Å². The maximum atomic E-state index is 9.15. The molecule has 1 aromatic carbocycles. The van der Waals surface area contributed by atoms with Crippen LogP contribution in [-0.2, 0) is 0 Å². The van der Waals surface area contributed by atoms with Gasteiger partial charge in [0.15, 0.2) is 0 Å². The van der Waals surface area contributed by atoms with Crippen LogP contribution in [0.15, 0.2) is 53.2 Å². The molecule has 0 radical (unpaired) electrons. The molecule has 0 heterocycles. The molecule has 0 aliphatic heterocycles. The number of nitrogens with zero attached hydrogens (tertiary/aromatic N) is 1. The first-order chi connectivity index (χ1) is 7.24. The van der Waals surface area contributed by atoms with Crippen LogP contribution in [0, 0.1) is 6.92 Å². The van der Waals surface area contributed by atoms with Gasteiger partial charge < -0.3 is 5.11 Å². The Morgan fingerprint density at radius 3 is 2.47 bits per heavy atom. The molecular weight excluding hydrogens is 186 g/mol. The third kappa shape index (κ3) is 2.56. The van der Waals surface area contributed by atoms with E-state index >= 15 is 0 Å². The highest BCUT2D eigenvalue weighted by Gasteiger charge is 2.00. The fourth-order valence-electron chi connectivity index (χ4n) is 1.39. The van der Waals surface area contributed by atoms with Gasteiger partial charge in [-0.2, -0.15) is 0 Å². The minimum absolute atomic E-state index is 0.317. The molecule has 1 aliphatic rings. The smallest absolute Gasteiger partial charge is 0.112 e. The van der Waals surface area contributed by atoms with Crippen LogP contribution in [0.2, 0.25) is 0 Å². The molecule has 0 saturated heterocycles. The number of aliphatic hydroxyl groups is 1. The molecule has 0 saturated carbocycles. The first-order valence-corrected chi connectivity index (χ1v) is 4.95. The van der Waals surface area contributed by atoms with Crippen LogP contribution >= 0.6 is 0 Å². The van der Waals surface area contributed by atoms with E-state index in [-0.39, 0.29) is 0 Å². The van der Waals surface area contributed by atoms with Crippen LogP contribution in [0.5, 0.6) is 0 Å². The minimum atomic E-state index is 0.317. The number of benzene rings is 1. The van der Waals surface area contributed by atoms with Crippen molar-refractivity contribution in [1.82, 2.24) is 0 Å². The molecule has 2 heteroatoms. The Balaban J connectivity index is 2.18. The zero-order valence-electron chi connectivity index (χ0n) is 8.64. The lowest BCUT2D eigenvalue weighted by Gasteiger charge is -2.03. The number of rotatable bonds is 1. The van der Waals surface area contributed by atoms with Crippen molar-refractivity contribution in [2.24, 2.45) is 4.99 Å². The van der Waals surface area contributed by atoms with Crippen LogP contribution < -0.4 is 0 Å². The summed E-state index contributed by atoms with van der Waals surface area (Å²) in [7, 11) is 0. The van der Waals surface area contributed by atoms with Crippen LogP contribution in [-0.4, -0.2) is 10.8 Å². The van der Waals surface area contributed by atoms with Crippen molar-refractivity contribution in [3.8, 4) is 0 Å². The van der Waals surface area contributed by atoms with Crippen LogP contribution in [0.25, 0.3) is 0 Å². The molecule has 76 valence electrons.